The van der Waals surface area contributed by atoms with E-state index in [2.05, 4.69) is 0 Å². The molecule has 1 nitrogen and oxygen atoms in total. The lowest BCUT2D eigenvalue weighted by Crippen LogP contribution is -2.44. The molecule has 1 N–H and O–H groups in total. The Morgan fingerprint density at radius 3 is 2.07 bits per heavy atom. The smallest absolute Gasteiger partial charge is 0.381 e. The van der Waals surface area contributed by atoms with Gasteiger partial charge in [-0.2, -0.15) is 24.9 Å². The Bertz CT molecular complexity index is 192. The molecule has 0 aromatic heterocycles. The summed E-state index contributed by atoms with van der Waals surface area (Å²) in [5.74, 6) is -0.114. The second kappa shape index (κ2) is 5.43. The van der Waals surface area contributed by atoms with Crippen molar-refractivity contribution in [3.63, 3.8) is 0 Å². The van der Waals surface area contributed by atoms with Crippen LogP contribution in [0.1, 0.15) is 33.6 Å². The molecule has 0 radical (unpaired) electrons. The highest BCUT2D eigenvalue weighted by Crippen LogP contribution is 2.38. The van der Waals surface area contributed by atoms with Gasteiger partial charge in [0.1, 0.15) is 0 Å². The Balaban J connectivity index is 4.54. The number of hydrogen-bond acceptors (Lipinski definition) is 2. The molecule has 0 spiro atoms. The fourth-order valence-corrected chi connectivity index (χ4v) is 2.13. The summed E-state index contributed by atoms with van der Waals surface area (Å²) in [5, 5.41) is 9.49. The fraction of sp³-hybridized carbons (Fsp3) is 1.00. The zero-order valence-electron chi connectivity index (χ0n) is 9.56. The molecule has 0 saturated carbocycles. The summed E-state index contributed by atoms with van der Waals surface area (Å²) in [6.07, 6.45) is -2.25. The molecule has 5 heteroatoms. The maximum absolute atomic E-state index is 12.4. The largest absolute Gasteiger partial charge is 0.416 e. The Morgan fingerprint density at radius 2 is 1.80 bits per heavy atom. The molecule has 0 aliphatic rings. The summed E-state index contributed by atoms with van der Waals surface area (Å²) in [6.45, 7) is 4.60. The zero-order valence-corrected chi connectivity index (χ0v) is 10.4. The van der Waals surface area contributed by atoms with Gasteiger partial charge in [0.25, 0.3) is 0 Å². The second-order valence-corrected chi connectivity index (χ2v) is 5.30. The molecule has 3 atom stereocenters. The molecular formula is C10H19F3OS. The lowest BCUT2D eigenvalue weighted by atomic mass is 9.88. The van der Waals surface area contributed by atoms with Gasteiger partial charge >= 0.3 is 6.18 Å². The van der Waals surface area contributed by atoms with Gasteiger partial charge in [0.15, 0.2) is 5.60 Å². The average Bonchev–Trinajstić information content (AvgIpc) is 2.11. The quantitative estimate of drug-likeness (QED) is 0.799. The number of thioether (sulfide) groups is 1. The molecule has 3 unspecified atom stereocenters. The summed E-state index contributed by atoms with van der Waals surface area (Å²) >= 11 is 1.53. The standard InChI is InChI=1S/C10H19F3OS/c1-5-8(7(2)15-4)6-9(3,14)10(11,12)13/h7-8,14H,5-6H2,1-4H3. The number of hydrogen-bond donors (Lipinski definition) is 1. The van der Waals surface area contributed by atoms with E-state index in [-0.39, 0.29) is 17.6 Å². The number of rotatable bonds is 5. The highest BCUT2D eigenvalue weighted by molar-refractivity contribution is 7.99. The van der Waals surface area contributed by atoms with Crippen LogP contribution in [0, 0.1) is 5.92 Å². The minimum Gasteiger partial charge on any atom is -0.381 e. The first-order valence-electron chi connectivity index (χ1n) is 4.97. The molecule has 0 saturated heterocycles. The van der Waals surface area contributed by atoms with Crippen molar-refractivity contribution in [1.29, 1.82) is 0 Å². The van der Waals surface area contributed by atoms with Crippen LogP contribution in [0.4, 0.5) is 13.2 Å². The number of aliphatic hydroxyl groups is 1. The SMILES string of the molecule is CCC(CC(C)(O)C(F)(F)F)C(C)SC. The van der Waals surface area contributed by atoms with E-state index in [1.165, 1.54) is 11.8 Å². The molecule has 0 bridgehead atoms. The van der Waals surface area contributed by atoms with E-state index in [0.717, 1.165) is 6.92 Å². The van der Waals surface area contributed by atoms with Crippen molar-refractivity contribution in [1.82, 2.24) is 0 Å². The van der Waals surface area contributed by atoms with Crippen LogP contribution < -0.4 is 0 Å². The van der Waals surface area contributed by atoms with E-state index in [9.17, 15) is 18.3 Å². The van der Waals surface area contributed by atoms with Gasteiger partial charge < -0.3 is 5.11 Å². The molecule has 0 aromatic rings. The van der Waals surface area contributed by atoms with Crippen molar-refractivity contribution in [2.45, 2.75) is 50.6 Å². The van der Waals surface area contributed by atoms with E-state index in [1.807, 2.05) is 20.1 Å². The summed E-state index contributed by atoms with van der Waals surface area (Å²) in [4.78, 5) is 0. The fourth-order valence-electron chi connectivity index (χ4n) is 1.46. The topological polar surface area (TPSA) is 20.2 Å². The van der Waals surface area contributed by atoms with Crippen molar-refractivity contribution in [3.8, 4) is 0 Å². The highest BCUT2D eigenvalue weighted by atomic mass is 32.2. The van der Waals surface area contributed by atoms with Crippen molar-refractivity contribution < 1.29 is 18.3 Å². The molecule has 0 rings (SSSR count). The lowest BCUT2D eigenvalue weighted by Gasteiger charge is -2.32. The van der Waals surface area contributed by atoms with Crippen molar-refractivity contribution in [3.05, 3.63) is 0 Å². The maximum atomic E-state index is 12.4. The molecular weight excluding hydrogens is 225 g/mol. The number of alkyl halides is 3. The van der Waals surface area contributed by atoms with E-state index in [4.69, 9.17) is 0 Å². The molecule has 92 valence electrons. The number of halogens is 3. The summed E-state index contributed by atoms with van der Waals surface area (Å²) < 4.78 is 37.3. The predicted molar refractivity (Wildman–Crippen MR) is 58.1 cm³/mol. The normalized spacial score (nSPS) is 20.8. The summed E-state index contributed by atoms with van der Waals surface area (Å²) in [6, 6.07) is 0. The summed E-state index contributed by atoms with van der Waals surface area (Å²) in [7, 11) is 0. The average molecular weight is 244 g/mol. The molecule has 0 aliphatic heterocycles. The van der Waals surface area contributed by atoms with E-state index in [0.29, 0.717) is 6.42 Å². The minimum absolute atomic E-state index is 0.114. The van der Waals surface area contributed by atoms with E-state index >= 15 is 0 Å². The molecule has 0 amide bonds. The molecule has 15 heavy (non-hydrogen) atoms. The van der Waals surface area contributed by atoms with Gasteiger partial charge in [-0.3, -0.25) is 0 Å². The summed E-state index contributed by atoms with van der Waals surface area (Å²) in [5.41, 5.74) is -2.57. The molecule has 0 aliphatic carbocycles. The van der Waals surface area contributed by atoms with Gasteiger partial charge in [-0.25, -0.2) is 0 Å². The van der Waals surface area contributed by atoms with Gasteiger partial charge in [0, 0.05) is 5.25 Å². The van der Waals surface area contributed by atoms with Crippen LogP contribution in [0.15, 0.2) is 0 Å². The Hall–Kier alpha value is 0.100. The minimum atomic E-state index is -4.54. The van der Waals surface area contributed by atoms with Crippen LogP contribution in [0.25, 0.3) is 0 Å². The molecule has 0 heterocycles. The van der Waals surface area contributed by atoms with Crippen molar-refractivity contribution in [2.24, 2.45) is 5.92 Å². The van der Waals surface area contributed by atoms with E-state index < -0.39 is 11.8 Å². The molecule has 0 fully saturated rings. The maximum Gasteiger partial charge on any atom is 0.416 e. The first kappa shape index (κ1) is 15.1. The van der Waals surface area contributed by atoms with Gasteiger partial charge in [0.05, 0.1) is 0 Å². The Morgan fingerprint density at radius 1 is 1.33 bits per heavy atom. The van der Waals surface area contributed by atoms with Gasteiger partial charge in [-0.15, -0.1) is 0 Å². The van der Waals surface area contributed by atoms with Crippen LogP contribution in [0.3, 0.4) is 0 Å². The zero-order chi connectivity index (χ0) is 12.3. The van der Waals surface area contributed by atoms with Gasteiger partial charge in [-0.1, -0.05) is 20.3 Å². The predicted octanol–water partition coefficient (Wildman–Crippen LogP) is 3.47. The second-order valence-electron chi connectivity index (χ2n) is 4.08. The third-order valence-corrected chi connectivity index (χ3v) is 3.96. The first-order chi connectivity index (χ1) is 6.65. The van der Waals surface area contributed by atoms with Crippen LogP contribution in [0.5, 0.6) is 0 Å². The van der Waals surface area contributed by atoms with Crippen molar-refractivity contribution >= 4 is 11.8 Å². The van der Waals surface area contributed by atoms with Crippen LogP contribution in [-0.2, 0) is 0 Å². The molecule has 0 aromatic carbocycles. The third kappa shape index (κ3) is 4.23. The van der Waals surface area contributed by atoms with Gasteiger partial charge in [0.2, 0.25) is 0 Å². The van der Waals surface area contributed by atoms with Crippen molar-refractivity contribution in [2.75, 3.05) is 6.26 Å². The van der Waals surface area contributed by atoms with Crippen LogP contribution in [-0.4, -0.2) is 28.4 Å². The van der Waals surface area contributed by atoms with E-state index in [1.54, 1.807) is 0 Å². The lowest BCUT2D eigenvalue weighted by molar-refractivity contribution is -0.258. The van der Waals surface area contributed by atoms with Crippen LogP contribution >= 0.6 is 11.8 Å². The van der Waals surface area contributed by atoms with Crippen LogP contribution in [0.2, 0.25) is 0 Å². The highest BCUT2D eigenvalue weighted by Gasteiger charge is 2.50. The third-order valence-electron chi connectivity index (χ3n) is 2.83. The monoisotopic (exact) mass is 244 g/mol. The first-order valence-corrected chi connectivity index (χ1v) is 6.26. The Labute approximate surface area is 93.4 Å². The Kier molecular flexibility index (Phi) is 5.47. The van der Waals surface area contributed by atoms with Gasteiger partial charge in [-0.05, 0) is 25.5 Å².